The summed E-state index contributed by atoms with van der Waals surface area (Å²) in [5.74, 6) is 3.34. The molecule has 0 aliphatic carbocycles. The molecule has 0 spiro atoms. The molecule has 1 atom stereocenters. The monoisotopic (exact) mass is 314 g/mol. The molecule has 2 aliphatic heterocycles. The summed E-state index contributed by atoms with van der Waals surface area (Å²) in [6.07, 6.45) is 5.67. The highest BCUT2D eigenvalue weighted by Gasteiger charge is 2.22. The van der Waals surface area contributed by atoms with Gasteiger partial charge in [0.25, 0.3) is 0 Å². The number of hydrogen-bond acceptors (Lipinski definition) is 5. The molecular formula is C17H18N2O2S. The number of ether oxygens (including phenoxy) is 2. The van der Waals surface area contributed by atoms with Crippen molar-refractivity contribution in [3.8, 4) is 11.5 Å². The Morgan fingerprint density at radius 1 is 1.18 bits per heavy atom. The summed E-state index contributed by atoms with van der Waals surface area (Å²) in [5, 5.41) is 0. The van der Waals surface area contributed by atoms with E-state index >= 15 is 0 Å². The number of nitrogens with zero attached hydrogens (tertiary/aromatic N) is 2. The first-order valence-electron chi connectivity index (χ1n) is 7.61. The lowest BCUT2D eigenvalue weighted by Crippen LogP contribution is -2.23. The van der Waals surface area contributed by atoms with E-state index in [1.54, 1.807) is 0 Å². The van der Waals surface area contributed by atoms with E-state index in [-0.39, 0.29) is 0 Å². The summed E-state index contributed by atoms with van der Waals surface area (Å²) in [6, 6.07) is 4.30. The molecule has 0 radical (unpaired) electrons. The number of rotatable bonds is 2. The molecule has 4 heterocycles. The van der Waals surface area contributed by atoms with Crippen LogP contribution in [0.2, 0.25) is 0 Å². The van der Waals surface area contributed by atoms with Crippen molar-refractivity contribution in [2.75, 3.05) is 19.0 Å². The largest absolute Gasteiger partial charge is 0.491 e. The molecule has 2 aliphatic rings. The average molecular weight is 314 g/mol. The third kappa shape index (κ3) is 2.77. The molecule has 0 N–H and O–H groups in total. The first-order valence-corrected chi connectivity index (χ1v) is 8.59. The standard InChI is InChI=1S/C17H18N2O2S/c1-11-4-13-5-12(10-21-15(13)8-18-11)6-14-7-17-16(9-19-14)20-2-3-22-17/h4,7-9,12H,2-3,5-6,10H2,1H3. The summed E-state index contributed by atoms with van der Waals surface area (Å²) in [6.45, 7) is 3.53. The first-order chi connectivity index (χ1) is 10.8. The molecule has 0 saturated heterocycles. The molecular weight excluding hydrogens is 296 g/mol. The smallest absolute Gasteiger partial charge is 0.151 e. The Labute approximate surface area is 134 Å². The Morgan fingerprint density at radius 3 is 3.05 bits per heavy atom. The second kappa shape index (κ2) is 5.80. The van der Waals surface area contributed by atoms with Gasteiger partial charge in [0.1, 0.15) is 5.75 Å². The van der Waals surface area contributed by atoms with E-state index in [2.05, 4.69) is 22.1 Å². The third-order valence-electron chi connectivity index (χ3n) is 4.05. The van der Waals surface area contributed by atoms with Gasteiger partial charge < -0.3 is 9.47 Å². The van der Waals surface area contributed by atoms with Crippen molar-refractivity contribution in [1.82, 2.24) is 9.97 Å². The van der Waals surface area contributed by atoms with E-state index in [1.807, 2.05) is 31.1 Å². The number of pyridine rings is 2. The minimum Gasteiger partial charge on any atom is -0.491 e. The van der Waals surface area contributed by atoms with Gasteiger partial charge in [-0.05, 0) is 37.5 Å². The van der Waals surface area contributed by atoms with Crippen LogP contribution in [-0.4, -0.2) is 28.9 Å². The second-order valence-electron chi connectivity index (χ2n) is 5.84. The van der Waals surface area contributed by atoms with Crippen LogP contribution in [0.5, 0.6) is 11.5 Å². The van der Waals surface area contributed by atoms with Crippen molar-refractivity contribution in [3.63, 3.8) is 0 Å². The molecule has 0 amide bonds. The van der Waals surface area contributed by atoms with Gasteiger partial charge in [-0.25, -0.2) is 0 Å². The summed E-state index contributed by atoms with van der Waals surface area (Å²) < 4.78 is 11.5. The van der Waals surface area contributed by atoms with Crippen molar-refractivity contribution in [2.24, 2.45) is 5.92 Å². The van der Waals surface area contributed by atoms with Gasteiger partial charge in [-0.2, -0.15) is 0 Å². The highest BCUT2D eigenvalue weighted by atomic mass is 32.2. The van der Waals surface area contributed by atoms with Crippen LogP contribution >= 0.6 is 11.8 Å². The van der Waals surface area contributed by atoms with E-state index in [9.17, 15) is 0 Å². The summed E-state index contributed by atoms with van der Waals surface area (Å²) in [7, 11) is 0. The van der Waals surface area contributed by atoms with E-state index in [0.29, 0.717) is 5.92 Å². The Kier molecular flexibility index (Phi) is 3.66. The molecule has 2 aromatic rings. The first kappa shape index (κ1) is 13.9. The minimum absolute atomic E-state index is 0.467. The van der Waals surface area contributed by atoms with Crippen LogP contribution in [0.4, 0.5) is 0 Å². The van der Waals surface area contributed by atoms with E-state index in [4.69, 9.17) is 9.47 Å². The van der Waals surface area contributed by atoms with Crippen LogP contribution in [0.3, 0.4) is 0 Å². The quantitative estimate of drug-likeness (QED) is 0.852. The molecule has 4 rings (SSSR count). The number of hydrogen-bond donors (Lipinski definition) is 0. The molecule has 5 heteroatoms. The highest BCUT2D eigenvalue weighted by Crippen LogP contribution is 2.34. The zero-order valence-corrected chi connectivity index (χ0v) is 13.4. The third-order valence-corrected chi connectivity index (χ3v) is 5.05. The predicted octanol–water partition coefficient (Wildman–Crippen LogP) is 3.06. The van der Waals surface area contributed by atoms with Crippen LogP contribution in [0, 0.1) is 12.8 Å². The molecule has 0 bridgehead atoms. The van der Waals surface area contributed by atoms with Crippen LogP contribution in [0.1, 0.15) is 17.0 Å². The molecule has 4 nitrogen and oxygen atoms in total. The summed E-state index contributed by atoms with van der Waals surface area (Å²) in [5.41, 5.74) is 3.43. The van der Waals surface area contributed by atoms with Gasteiger partial charge >= 0.3 is 0 Å². The van der Waals surface area contributed by atoms with Crippen molar-refractivity contribution in [1.29, 1.82) is 0 Å². The van der Waals surface area contributed by atoms with Gasteiger partial charge in [-0.3, -0.25) is 9.97 Å². The predicted molar refractivity (Wildman–Crippen MR) is 85.8 cm³/mol. The Hall–Kier alpha value is -1.75. The molecule has 114 valence electrons. The lowest BCUT2D eigenvalue weighted by molar-refractivity contribution is 0.219. The van der Waals surface area contributed by atoms with Crippen LogP contribution in [0.15, 0.2) is 29.4 Å². The summed E-state index contributed by atoms with van der Waals surface area (Å²) in [4.78, 5) is 10.1. The lowest BCUT2D eigenvalue weighted by atomic mass is 9.93. The maximum atomic E-state index is 5.86. The Bertz CT molecular complexity index is 705. The summed E-state index contributed by atoms with van der Waals surface area (Å²) >= 11 is 1.85. The van der Waals surface area contributed by atoms with E-state index < -0.39 is 0 Å². The topological polar surface area (TPSA) is 44.2 Å². The Balaban J connectivity index is 1.50. The number of thioether (sulfide) groups is 1. The maximum absolute atomic E-state index is 5.86. The highest BCUT2D eigenvalue weighted by molar-refractivity contribution is 7.99. The maximum Gasteiger partial charge on any atom is 0.151 e. The van der Waals surface area contributed by atoms with Gasteiger partial charge in [-0.15, -0.1) is 11.8 Å². The van der Waals surface area contributed by atoms with Crippen molar-refractivity contribution < 1.29 is 9.47 Å². The molecule has 1 unspecified atom stereocenters. The van der Waals surface area contributed by atoms with Gasteiger partial charge in [-0.1, -0.05) is 0 Å². The molecule has 0 fully saturated rings. The lowest BCUT2D eigenvalue weighted by Gasteiger charge is -2.25. The SMILES string of the molecule is Cc1cc2c(cn1)OCC(Cc1cc3c(cn1)OCCS3)C2. The van der Waals surface area contributed by atoms with Crippen molar-refractivity contribution in [2.45, 2.75) is 24.7 Å². The zero-order valence-electron chi connectivity index (χ0n) is 12.5. The molecule has 2 aromatic heterocycles. The zero-order chi connectivity index (χ0) is 14.9. The van der Waals surface area contributed by atoms with Gasteiger partial charge in [0.05, 0.1) is 30.5 Å². The van der Waals surface area contributed by atoms with Gasteiger partial charge in [0, 0.05) is 23.1 Å². The number of fused-ring (bicyclic) bond motifs is 2. The van der Waals surface area contributed by atoms with Crippen molar-refractivity contribution >= 4 is 11.8 Å². The van der Waals surface area contributed by atoms with Crippen LogP contribution in [-0.2, 0) is 12.8 Å². The Morgan fingerprint density at radius 2 is 2.09 bits per heavy atom. The fourth-order valence-electron chi connectivity index (χ4n) is 3.00. The molecule has 0 saturated carbocycles. The second-order valence-corrected chi connectivity index (χ2v) is 6.97. The average Bonchev–Trinajstić information content (AvgIpc) is 2.54. The molecule has 0 aromatic carbocycles. The molecule has 22 heavy (non-hydrogen) atoms. The fraction of sp³-hybridized carbons (Fsp3) is 0.412. The van der Waals surface area contributed by atoms with E-state index in [0.717, 1.165) is 54.7 Å². The normalized spacial score (nSPS) is 19.6. The van der Waals surface area contributed by atoms with E-state index in [1.165, 1.54) is 10.5 Å². The van der Waals surface area contributed by atoms with Gasteiger partial charge in [0.2, 0.25) is 0 Å². The minimum atomic E-state index is 0.467. The van der Waals surface area contributed by atoms with Crippen molar-refractivity contribution in [3.05, 3.63) is 41.5 Å². The van der Waals surface area contributed by atoms with Crippen LogP contribution < -0.4 is 9.47 Å². The number of aromatic nitrogens is 2. The fourth-order valence-corrected chi connectivity index (χ4v) is 3.86. The van der Waals surface area contributed by atoms with Crippen LogP contribution in [0.25, 0.3) is 0 Å². The van der Waals surface area contributed by atoms with Gasteiger partial charge in [0.15, 0.2) is 5.75 Å². The number of aryl methyl sites for hydroxylation is 1.